The lowest BCUT2D eigenvalue weighted by atomic mass is 10.1. The van der Waals surface area contributed by atoms with Gasteiger partial charge in [-0.1, -0.05) is 25.1 Å². The fourth-order valence-electron chi connectivity index (χ4n) is 1.90. The third-order valence-corrected chi connectivity index (χ3v) is 2.98. The van der Waals surface area contributed by atoms with Crippen LogP contribution in [0.4, 0.5) is 5.69 Å². The van der Waals surface area contributed by atoms with Gasteiger partial charge >= 0.3 is 0 Å². The Labute approximate surface area is 93.1 Å². The van der Waals surface area contributed by atoms with Gasteiger partial charge in [-0.15, -0.1) is 0 Å². The van der Waals surface area contributed by atoms with Crippen LogP contribution in [0.5, 0.6) is 0 Å². The molecule has 0 aliphatic carbocycles. The second-order valence-corrected chi connectivity index (χ2v) is 3.88. The summed E-state index contributed by atoms with van der Waals surface area (Å²) in [7, 11) is 0. The van der Waals surface area contributed by atoms with E-state index in [9.17, 15) is 0 Å². The Balaban J connectivity index is 3.00. The minimum atomic E-state index is 0.572. The van der Waals surface area contributed by atoms with Gasteiger partial charge in [0, 0.05) is 24.8 Å². The van der Waals surface area contributed by atoms with Crippen molar-refractivity contribution in [2.75, 3.05) is 11.4 Å². The van der Waals surface area contributed by atoms with Crippen LogP contribution in [0, 0.1) is 0 Å². The van der Waals surface area contributed by atoms with Gasteiger partial charge in [-0.25, -0.2) is 0 Å². The molecule has 0 bridgehead atoms. The molecule has 0 aliphatic rings. The van der Waals surface area contributed by atoms with E-state index >= 15 is 0 Å². The fourth-order valence-corrected chi connectivity index (χ4v) is 1.90. The number of para-hydroxylation sites is 1. The molecule has 15 heavy (non-hydrogen) atoms. The number of benzene rings is 1. The summed E-state index contributed by atoms with van der Waals surface area (Å²) in [5, 5.41) is 0. The van der Waals surface area contributed by atoms with E-state index in [4.69, 9.17) is 5.73 Å². The van der Waals surface area contributed by atoms with Gasteiger partial charge in [-0.2, -0.15) is 0 Å². The van der Waals surface area contributed by atoms with Crippen LogP contribution in [0.15, 0.2) is 24.3 Å². The van der Waals surface area contributed by atoms with Crippen LogP contribution in [-0.4, -0.2) is 12.6 Å². The van der Waals surface area contributed by atoms with Crippen molar-refractivity contribution >= 4 is 5.69 Å². The SMILES string of the molecule is CCC(C)N(CC)c1ccccc1CN. The van der Waals surface area contributed by atoms with E-state index in [2.05, 4.69) is 49.9 Å². The Morgan fingerprint density at radius 2 is 1.93 bits per heavy atom. The summed E-state index contributed by atoms with van der Waals surface area (Å²) >= 11 is 0. The summed E-state index contributed by atoms with van der Waals surface area (Å²) in [6.45, 7) is 8.32. The van der Waals surface area contributed by atoms with Crippen molar-refractivity contribution in [1.82, 2.24) is 0 Å². The number of hydrogen-bond donors (Lipinski definition) is 1. The Kier molecular flexibility index (Phi) is 4.63. The highest BCUT2D eigenvalue weighted by Crippen LogP contribution is 2.22. The first-order chi connectivity index (χ1) is 7.24. The summed E-state index contributed by atoms with van der Waals surface area (Å²) in [6, 6.07) is 8.98. The van der Waals surface area contributed by atoms with Crippen LogP contribution < -0.4 is 10.6 Å². The van der Waals surface area contributed by atoms with Crippen molar-refractivity contribution in [2.24, 2.45) is 5.73 Å². The average Bonchev–Trinajstić information content (AvgIpc) is 2.30. The first kappa shape index (κ1) is 12.1. The molecule has 1 atom stereocenters. The molecule has 2 heteroatoms. The topological polar surface area (TPSA) is 29.3 Å². The fraction of sp³-hybridized carbons (Fsp3) is 0.538. The van der Waals surface area contributed by atoms with Crippen molar-refractivity contribution in [3.05, 3.63) is 29.8 Å². The van der Waals surface area contributed by atoms with E-state index in [0.29, 0.717) is 12.6 Å². The zero-order chi connectivity index (χ0) is 11.3. The zero-order valence-electron chi connectivity index (χ0n) is 10.0. The number of anilines is 1. The maximum absolute atomic E-state index is 5.76. The maximum atomic E-state index is 5.76. The Hall–Kier alpha value is -1.02. The number of nitrogens with zero attached hydrogens (tertiary/aromatic N) is 1. The molecule has 1 unspecified atom stereocenters. The molecule has 84 valence electrons. The number of nitrogens with two attached hydrogens (primary N) is 1. The molecule has 0 saturated heterocycles. The lowest BCUT2D eigenvalue weighted by Crippen LogP contribution is -2.33. The highest BCUT2D eigenvalue weighted by atomic mass is 15.2. The highest BCUT2D eigenvalue weighted by molar-refractivity contribution is 5.54. The molecule has 0 radical (unpaired) electrons. The van der Waals surface area contributed by atoms with Crippen LogP contribution in [0.2, 0.25) is 0 Å². The van der Waals surface area contributed by atoms with Crippen molar-refractivity contribution in [3.63, 3.8) is 0 Å². The minimum Gasteiger partial charge on any atom is -0.369 e. The zero-order valence-corrected chi connectivity index (χ0v) is 10.0. The maximum Gasteiger partial charge on any atom is 0.0414 e. The lowest BCUT2D eigenvalue weighted by Gasteiger charge is -2.31. The molecule has 1 aromatic rings. The minimum absolute atomic E-state index is 0.572. The monoisotopic (exact) mass is 206 g/mol. The molecular formula is C13H22N2. The molecule has 0 aromatic heterocycles. The second kappa shape index (κ2) is 5.76. The Bertz CT molecular complexity index is 296. The van der Waals surface area contributed by atoms with E-state index in [1.54, 1.807) is 0 Å². The van der Waals surface area contributed by atoms with Crippen LogP contribution >= 0.6 is 0 Å². The molecule has 0 amide bonds. The lowest BCUT2D eigenvalue weighted by molar-refractivity contribution is 0.627. The van der Waals surface area contributed by atoms with Gasteiger partial charge in [0.1, 0.15) is 0 Å². The molecule has 2 nitrogen and oxygen atoms in total. The van der Waals surface area contributed by atoms with Gasteiger partial charge in [-0.05, 0) is 31.9 Å². The summed E-state index contributed by atoms with van der Waals surface area (Å²) in [5.74, 6) is 0. The standard InChI is InChI=1S/C13H22N2/c1-4-11(3)15(5-2)13-9-7-6-8-12(13)10-14/h6-9,11H,4-5,10,14H2,1-3H3. The molecule has 0 heterocycles. The average molecular weight is 206 g/mol. The Morgan fingerprint density at radius 3 is 2.47 bits per heavy atom. The molecule has 2 N–H and O–H groups in total. The predicted octanol–water partition coefficient (Wildman–Crippen LogP) is 2.77. The van der Waals surface area contributed by atoms with Gasteiger partial charge in [0.05, 0.1) is 0 Å². The third-order valence-electron chi connectivity index (χ3n) is 2.98. The highest BCUT2D eigenvalue weighted by Gasteiger charge is 2.13. The van der Waals surface area contributed by atoms with Crippen molar-refractivity contribution < 1.29 is 0 Å². The van der Waals surface area contributed by atoms with Crippen LogP contribution in [0.25, 0.3) is 0 Å². The van der Waals surface area contributed by atoms with Crippen molar-refractivity contribution in [1.29, 1.82) is 0 Å². The first-order valence-corrected chi connectivity index (χ1v) is 5.79. The van der Waals surface area contributed by atoms with Gasteiger partial charge in [0.2, 0.25) is 0 Å². The van der Waals surface area contributed by atoms with Crippen molar-refractivity contribution in [3.8, 4) is 0 Å². The second-order valence-electron chi connectivity index (χ2n) is 3.88. The first-order valence-electron chi connectivity index (χ1n) is 5.79. The van der Waals surface area contributed by atoms with E-state index < -0.39 is 0 Å². The molecule has 0 fully saturated rings. The van der Waals surface area contributed by atoms with Crippen LogP contribution in [-0.2, 0) is 6.54 Å². The Morgan fingerprint density at radius 1 is 1.27 bits per heavy atom. The van der Waals surface area contributed by atoms with Crippen LogP contribution in [0.3, 0.4) is 0 Å². The predicted molar refractivity (Wildman–Crippen MR) is 67.1 cm³/mol. The largest absolute Gasteiger partial charge is 0.369 e. The van der Waals surface area contributed by atoms with E-state index in [1.807, 2.05) is 0 Å². The summed E-state index contributed by atoms with van der Waals surface area (Å²) in [5.41, 5.74) is 8.28. The smallest absolute Gasteiger partial charge is 0.0414 e. The number of rotatable bonds is 5. The molecule has 0 saturated carbocycles. The van der Waals surface area contributed by atoms with E-state index in [-0.39, 0.29) is 0 Å². The normalized spacial score (nSPS) is 12.5. The van der Waals surface area contributed by atoms with Gasteiger partial charge in [0.15, 0.2) is 0 Å². The van der Waals surface area contributed by atoms with Crippen molar-refractivity contribution in [2.45, 2.75) is 39.8 Å². The molecule has 0 spiro atoms. The van der Waals surface area contributed by atoms with Gasteiger partial charge in [0.25, 0.3) is 0 Å². The summed E-state index contributed by atoms with van der Waals surface area (Å²) < 4.78 is 0. The quantitative estimate of drug-likeness (QED) is 0.802. The van der Waals surface area contributed by atoms with E-state index in [1.165, 1.54) is 11.3 Å². The third kappa shape index (κ3) is 2.72. The van der Waals surface area contributed by atoms with Gasteiger partial charge < -0.3 is 10.6 Å². The summed E-state index contributed by atoms with van der Waals surface area (Å²) in [4.78, 5) is 2.42. The van der Waals surface area contributed by atoms with Crippen LogP contribution in [0.1, 0.15) is 32.8 Å². The summed E-state index contributed by atoms with van der Waals surface area (Å²) in [6.07, 6.45) is 1.16. The molecule has 1 aromatic carbocycles. The molecular weight excluding hydrogens is 184 g/mol. The van der Waals surface area contributed by atoms with E-state index in [0.717, 1.165) is 13.0 Å². The molecule has 1 rings (SSSR count). The molecule has 0 aliphatic heterocycles. The number of hydrogen-bond acceptors (Lipinski definition) is 2. The van der Waals surface area contributed by atoms with Gasteiger partial charge in [-0.3, -0.25) is 0 Å².